The monoisotopic (exact) mass is 289 g/mol. The van der Waals surface area contributed by atoms with Crippen LogP contribution in [0.25, 0.3) is 5.69 Å². The van der Waals surface area contributed by atoms with Crippen molar-refractivity contribution in [3.63, 3.8) is 0 Å². The Kier molecular flexibility index (Phi) is 5.12. The molecule has 1 N–H and O–H groups in total. The Balaban J connectivity index is 2.50. The lowest BCUT2D eigenvalue weighted by atomic mass is 10.0. The highest BCUT2D eigenvalue weighted by Gasteiger charge is 2.16. The molecule has 0 bridgehead atoms. The molecule has 0 radical (unpaired) electrons. The molecule has 1 aromatic heterocycles. The first-order valence-electron chi connectivity index (χ1n) is 7.64. The third-order valence-electron chi connectivity index (χ3n) is 3.77. The van der Waals surface area contributed by atoms with Crippen LogP contribution in [0.15, 0.2) is 24.5 Å². The van der Waals surface area contributed by atoms with Gasteiger partial charge in [-0.25, -0.2) is 9.37 Å². The lowest BCUT2D eigenvalue weighted by molar-refractivity contribution is 0.557. The van der Waals surface area contributed by atoms with Gasteiger partial charge in [0.2, 0.25) is 0 Å². The Morgan fingerprint density at radius 1 is 1.33 bits per heavy atom. The normalized spacial score (nSPS) is 12.6. The number of nitrogens with one attached hydrogen (secondary N) is 1. The van der Waals surface area contributed by atoms with Crippen LogP contribution >= 0.6 is 0 Å². The minimum atomic E-state index is -0.155. The summed E-state index contributed by atoms with van der Waals surface area (Å²) in [5.41, 5.74) is 2.64. The number of aromatic nitrogens is 2. The summed E-state index contributed by atoms with van der Waals surface area (Å²) in [7, 11) is 0. The molecular formula is C17H24FN3. The first-order valence-corrected chi connectivity index (χ1v) is 7.64. The van der Waals surface area contributed by atoms with Gasteiger partial charge in [-0.3, -0.25) is 0 Å². The Hall–Kier alpha value is -1.68. The average molecular weight is 289 g/mol. The molecule has 0 aliphatic carbocycles. The highest BCUT2D eigenvalue weighted by Crippen LogP contribution is 2.26. The van der Waals surface area contributed by atoms with E-state index in [0.29, 0.717) is 5.56 Å². The van der Waals surface area contributed by atoms with Gasteiger partial charge in [-0.05, 0) is 50.1 Å². The number of hydrogen-bond acceptors (Lipinski definition) is 2. The fourth-order valence-corrected chi connectivity index (χ4v) is 2.52. The standard InChI is InChI=1S/C17H24FN3/c1-5-7-19-13(4)14-11-15(18)12(3)10-16(14)21-9-8-20-17(21)6-2/h8-11,13,19H,5-7H2,1-4H3. The molecule has 0 saturated carbocycles. The lowest BCUT2D eigenvalue weighted by Crippen LogP contribution is -2.21. The molecule has 1 heterocycles. The van der Waals surface area contributed by atoms with Gasteiger partial charge in [-0.1, -0.05) is 13.8 Å². The van der Waals surface area contributed by atoms with Crippen LogP contribution in [0.1, 0.15) is 50.2 Å². The lowest BCUT2D eigenvalue weighted by Gasteiger charge is -2.20. The van der Waals surface area contributed by atoms with E-state index in [9.17, 15) is 4.39 Å². The first-order chi connectivity index (χ1) is 10.1. The second kappa shape index (κ2) is 6.85. The molecule has 4 heteroatoms. The molecule has 21 heavy (non-hydrogen) atoms. The minimum absolute atomic E-state index is 0.0992. The summed E-state index contributed by atoms with van der Waals surface area (Å²) < 4.78 is 16.1. The molecule has 2 rings (SSSR count). The van der Waals surface area contributed by atoms with Crippen molar-refractivity contribution in [3.8, 4) is 5.69 Å². The van der Waals surface area contributed by atoms with Gasteiger partial charge >= 0.3 is 0 Å². The van der Waals surface area contributed by atoms with E-state index in [2.05, 4.69) is 35.6 Å². The highest BCUT2D eigenvalue weighted by molar-refractivity contribution is 5.47. The Bertz CT molecular complexity index is 604. The Morgan fingerprint density at radius 3 is 2.76 bits per heavy atom. The zero-order valence-corrected chi connectivity index (χ0v) is 13.3. The van der Waals surface area contributed by atoms with Crippen LogP contribution in [0.5, 0.6) is 0 Å². The number of imidazole rings is 1. The number of aryl methyl sites for hydroxylation is 2. The maximum Gasteiger partial charge on any atom is 0.126 e. The molecule has 3 nitrogen and oxygen atoms in total. The molecule has 0 spiro atoms. The fraction of sp³-hybridized carbons (Fsp3) is 0.471. The van der Waals surface area contributed by atoms with E-state index in [1.54, 1.807) is 19.2 Å². The van der Waals surface area contributed by atoms with Crippen LogP contribution in [0.2, 0.25) is 0 Å². The molecule has 0 saturated heterocycles. The van der Waals surface area contributed by atoms with Crippen LogP contribution in [-0.2, 0) is 6.42 Å². The van der Waals surface area contributed by atoms with Crippen molar-refractivity contribution in [1.29, 1.82) is 0 Å². The van der Waals surface area contributed by atoms with Crippen molar-refractivity contribution < 1.29 is 4.39 Å². The van der Waals surface area contributed by atoms with Crippen LogP contribution in [0, 0.1) is 12.7 Å². The zero-order valence-electron chi connectivity index (χ0n) is 13.3. The maximum atomic E-state index is 14.0. The molecule has 1 aromatic carbocycles. The topological polar surface area (TPSA) is 29.9 Å². The number of halogens is 1. The summed E-state index contributed by atoms with van der Waals surface area (Å²) in [6, 6.07) is 3.66. The summed E-state index contributed by atoms with van der Waals surface area (Å²) in [5.74, 6) is 0.835. The van der Waals surface area contributed by atoms with E-state index < -0.39 is 0 Å². The molecule has 0 amide bonds. The van der Waals surface area contributed by atoms with E-state index in [1.165, 1.54) is 0 Å². The van der Waals surface area contributed by atoms with Crippen molar-refractivity contribution in [1.82, 2.24) is 14.9 Å². The van der Waals surface area contributed by atoms with Crippen LogP contribution in [0.3, 0.4) is 0 Å². The van der Waals surface area contributed by atoms with Crippen molar-refractivity contribution in [3.05, 3.63) is 47.3 Å². The molecule has 114 valence electrons. The van der Waals surface area contributed by atoms with Crippen molar-refractivity contribution >= 4 is 0 Å². The average Bonchev–Trinajstić information content (AvgIpc) is 2.95. The SMILES string of the molecule is CCCNC(C)c1cc(F)c(C)cc1-n1ccnc1CC. The molecule has 0 aliphatic rings. The minimum Gasteiger partial charge on any atom is -0.310 e. The summed E-state index contributed by atoms with van der Waals surface area (Å²) in [4.78, 5) is 4.37. The molecular weight excluding hydrogens is 265 g/mol. The van der Waals surface area contributed by atoms with Crippen LogP contribution in [0.4, 0.5) is 4.39 Å². The Morgan fingerprint density at radius 2 is 2.10 bits per heavy atom. The highest BCUT2D eigenvalue weighted by atomic mass is 19.1. The predicted molar refractivity (Wildman–Crippen MR) is 84.3 cm³/mol. The van der Waals surface area contributed by atoms with Gasteiger partial charge in [-0.2, -0.15) is 0 Å². The maximum absolute atomic E-state index is 14.0. The number of hydrogen-bond donors (Lipinski definition) is 1. The van der Waals surface area contributed by atoms with Crippen molar-refractivity contribution in [2.75, 3.05) is 6.54 Å². The van der Waals surface area contributed by atoms with Gasteiger partial charge in [0.15, 0.2) is 0 Å². The van der Waals surface area contributed by atoms with Gasteiger partial charge in [0, 0.05) is 24.9 Å². The predicted octanol–water partition coefficient (Wildman–Crippen LogP) is 3.94. The Labute approximate surface area is 126 Å². The second-order valence-electron chi connectivity index (χ2n) is 5.40. The summed E-state index contributed by atoms with van der Waals surface area (Å²) in [5, 5.41) is 3.43. The van der Waals surface area contributed by atoms with E-state index in [-0.39, 0.29) is 11.9 Å². The first kappa shape index (κ1) is 15.7. The smallest absolute Gasteiger partial charge is 0.126 e. The summed E-state index contributed by atoms with van der Waals surface area (Å²) in [6.07, 6.45) is 5.64. The zero-order chi connectivity index (χ0) is 15.4. The van der Waals surface area contributed by atoms with Gasteiger partial charge in [0.25, 0.3) is 0 Å². The number of benzene rings is 1. The van der Waals surface area contributed by atoms with E-state index in [0.717, 1.165) is 36.5 Å². The van der Waals surface area contributed by atoms with Gasteiger partial charge in [0.05, 0.1) is 5.69 Å². The second-order valence-corrected chi connectivity index (χ2v) is 5.40. The molecule has 0 aliphatic heterocycles. The molecule has 2 aromatic rings. The van der Waals surface area contributed by atoms with E-state index >= 15 is 0 Å². The summed E-state index contributed by atoms with van der Waals surface area (Å²) >= 11 is 0. The van der Waals surface area contributed by atoms with Crippen molar-refractivity contribution in [2.24, 2.45) is 0 Å². The van der Waals surface area contributed by atoms with Crippen molar-refractivity contribution in [2.45, 2.75) is 46.6 Å². The van der Waals surface area contributed by atoms with Gasteiger partial charge < -0.3 is 9.88 Å². The number of rotatable bonds is 6. The van der Waals surface area contributed by atoms with Crippen LogP contribution in [-0.4, -0.2) is 16.1 Å². The molecule has 0 fully saturated rings. The van der Waals surface area contributed by atoms with E-state index in [4.69, 9.17) is 0 Å². The van der Waals surface area contributed by atoms with E-state index in [1.807, 2.05) is 12.3 Å². The van der Waals surface area contributed by atoms with Gasteiger partial charge in [-0.15, -0.1) is 0 Å². The third-order valence-corrected chi connectivity index (χ3v) is 3.77. The summed E-state index contributed by atoms with van der Waals surface area (Å²) in [6.45, 7) is 9.00. The molecule has 1 unspecified atom stereocenters. The largest absolute Gasteiger partial charge is 0.310 e. The number of nitrogens with zero attached hydrogens (tertiary/aromatic N) is 2. The quantitative estimate of drug-likeness (QED) is 0.873. The van der Waals surface area contributed by atoms with Crippen LogP contribution < -0.4 is 5.32 Å². The van der Waals surface area contributed by atoms with Gasteiger partial charge in [0.1, 0.15) is 11.6 Å². The molecule has 1 atom stereocenters. The fourth-order valence-electron chi connectivity index (χ4n) is 2.52. The third kappa shape index (κ3) is 3.32.